The van der Waals surface area contributed by atoms with E-state index in [4.69, 9.17) is 5.53 Å². The van der Waals surface area contributed by atoms with Gasteiger partial charge in [-0.3, -0.25) is 0 Å². The van der Waals surface area contributed by atoms with E-state index in [-0.39, 0.29) is 5.01 Å². The van der Waals surface area contributed by atoms with Gasteiger partial charge in [0.15, 0.2) is 0 Å². The van der Waals surface area contributed by atoms with E-state index in [1.165, 1.54) is 0 Å². The molecule has 78 valence electrons. The standard InChI is InChI=1S/C8H8N4O2S/c9-12-10-4-2-1-3-6-5-15-7(11-6)8(13)14/h1,3,5H,2,4H2,(H,13,14)/p-1. The number of carboxylic acid groups (broad SMARTS) is 1. The monoisotopic (exact) mass is 223 g/mol. The van der Waals surface area contributed by atoms with Gasteiger partial charge in [-0.05, 0) is 18.0 Å². The van der Waals surface area contributed by atoms with E-state index >= 15 is 0 Å². The largest absolute Gasteiger partial charge is 0.542 e. The number of hydrogen-bond acceptors (Lipinski definition) is 5. The number of azide groups is 1. The average molecular weight is 223 g/mol. The van der Waals surface area contributed by atoms with E-state index in [0.29, 0.717) is 18.7 Å². The van der Waals surface area contributed by atoms with Crippen LogP contribution in [0.1, 0.15) is 21.9 Å². The fourth-order valence-corrected chi connectivity index (χ4v) is 1.46. The molecule has 0 aliphatic rings. The zero-order valence-corrected chi connectivity index (χ0v) is 8.48. The Morgan fingerprint density at radius 2 is 2.60 bits per heavy atom. The maximum Gasteiger partial charge on any atom is 0.139 e. The Morgan fingerprint density at radius 1 is 1.80 bits per heavy atom. The molecule has 0 fully saturated rings. The van der Waals surface area contributed by atoms with Gasteiger partial charge in [-0.25, -0.2) is 4.98 Å². The second-order valence-electron chi connectivity index (χ2n) is 2.51. The molecule has 1 heterocycles. The summed E-state index contributed by atoms with van der Waals surface area (Å²) < 4.78 is 0. The first-order valence-corrected chi connectivity index (χ1v) is 4.96. The molecule has 0 saturated carbocycles. The minimum atomic E-state index is -1.27. The van der Waals surface area contributed by atoms with Gasteiger partial charge in [0.25, 0.3) is 0 Å². The lowest BCUT2D eigenvalue weighted by molar-refractivity contribution is -0.255. The summed E-state index contributed by atoms with van der Waals surface area (Å²) in [5.74, 6) is -1.27. The van der Waals surface area contributed by atoms with Crippen molar-refractivity contribution in [1.82, 2.24) is 4.98 Å². The number of carbonyl (C=O) groups excluding carboxylic acids is 1. The van der Waals surface area contributed by atoms with Crippen LogP contribution in [0.5, 0.6) is 0 Å². The van der Waals surface area contributed by atoms with Gasteiger partial charge < -0.3 is 9.90 Å². The van der Waals surface area contributed by atoms with Gasteiger partial charge in [0.1, 0.15) is 11.0 Å². The SMILES string of the molecule is [N-]=[N+]=NCCC=Cc1csc(C(=O)[O-])n1. The van der Waals surface area contributed by atoms with Crippen LogP contribution in [0, 0.1) is 0 Å². The summed E-state index contributed by atoms with van der Waals surface area (Å²) in [6.45, 7) is 0.379. The molecule has 1 aromatic rings. The average Bonchev–Trinajstić information content (AvgIpc) is 2.66. The van der Waals surface area contributed by atoms with Crippen LogP contribution in [-0.4, -0.2) is 17.5 Å². The lowest BCUT2D eigenvalue weighted by Gasteiger charge is -1.91. The second kappa shape index (κ2) is 5.79. The zero-order valence-electron chi connectivity index (χ0n) is 7.66. The second-order valence-corrected chi connectivity index (χ2v) is 3.37. The van der Waals surface area contributed by atoms with Gasteiger partial charge in [0.05, 0.1) is 5.69 Å². The third-order valence-electron chi connectivity index (χ3n) is 1.44. The predicted octanol–water partition coefficient (Wildman–Crippen LogP) is 1.22. The van der Waals surface area contributed by atoms with Crippen LogP contribution in [0.15, 0.2) is 16.6 Å². The van der Waals surface area contributed by atoms with E-state index in [2.05, 4.69) is 15.0 Å². The number of aromatic carboxylic acids is 1. The summed E-state index contributed by atoms with van der Waals surface area (Å²) in [5, 5.41) is 15.3. The zero-order chi connectivity index (χ0) is 11.1. The third-order valence-corrected chi connectivity index (χ3v) is 2.28. The Kier molecular flexibility index (Phi) is 4.33. The number of hydrogen-bond donors (Lipinski definition) is 0. The normalized spacial score (nSPS) is 10.1. The van der Waals surface area contributed by atoms with Gasteiger partial charge >= 0.3 is 0 Å². The molecule has 0 bridgehead atoms. The summed E-state index contributed by atoms with van der Waals surface area (Å²) in [6.07, 6.45) is 4.04. The van der Waals surface area contributed by atoms with Crippen molar-refractivity contribution in [1.29, 1.82) is 0 Å². The van der Waals surface area contributed by atoms with Gasteiger partial charge in [0, 0.05) is 16.8 Å². The Hall–Kier alpha value is -1.85. The van der Waals surface area contributed by atoms with Crippen molar-refractivity contribution in [2.45, 2.75) is 6.42 Å². The molecule has 0 aliphatic heterocycles. The predicted molar refractivity (Wildman–Crippen MR) is 54.1 cm³/mol. The first kappa shape index (κ1) is 11.2. The highest BCUT2D eigenvalue weighted by atomic mass is 32.1. The quantitative estimate of drug-likeness (QED) is 0.324. The summed E-state index contributed by atoms with van der Waals surface area (Å²) in [7, 11) is 0. The number of aromatic nitrogens is 1. The molecule has 15 heavy (non-hydrogen) atoms. The fraction of sp³-hybridized carbons (Fsp3) is 0.250. The van der Waals surface area contributed by atoms with Crippen molar-refractivity contribution in [2.75, 3.05) is 6.54 Å². The van der Waals surface area contributed by atoms with Gasteiger partial charge in [-0.1, -0.05) is 11.2 Å². The molecule has 1 rings (SSSR count). The van der Waals surface area contributed by atoms with E-state index in [9.17, 15) is 9.90 Å². The van der Waals surface area contributed by atoms with Crippen LogP contribution < -0.4 is 5.11 Å². The van der Waals surface area contributed by atoms with Gasteiger partial charge in [0.2, 0.25) is 0 Å². The number of carboxylic acids is 1. The Bertz CT molecular complexity index is 420. The topological polar surface area (TPSA) is 102 Å². The van der Waals surface area contributed by atoms with Crippen molar-refractivity contribution in [3.63, 3.8) is 0 Å². The number of rotatable bonds is 5. The third kappa shape index (κ3) is 3.80. The lowest BCUT2D eigenvalue weighted by atomic mass is 10.3. The minimum absolute atomic E-state index is 0.0373. The highest BCUT2D eigenvalue weighted by Gasteiger charge is 1.98. The summed E-state index contributed by atoms with van der Waals surface area (Å²) >= 11 is 1.02. The van der Waals surface area contributed by atoms with Crippen LogP contribution in [0.4, 0.5) is 0 Å². The van der Waals surface area contributed by atoms with E-state index < -0.39 is 5.97 Å². The van der Waals surface area contributed by atoms with Gasteiger partial charge in [-0.15, -0.1) is 11.3 Å². The molecular weight excluding hydrogens is 216 g/mol. The molecule has 0 aromatic carbocycles. The van der Waals surface area contributed by atoms with Crippen molar-refractivity contribution in [3.05, 3.63) is 32.6 Å². The molecule has 0 spiro atoms. The first-order valence-electron chi connectivity index (χ1n) is 4.08. The van der Waals surface area contributed by atoms with Crippen LogP contribution >= 0.6 is 11.3 Å². The summed E-state index contributed by atoms with van der Waals surface area (Å²) in [6, 6.07) is 0. The Balaban J connectivity index is 2.49. The van der Waals surface area contributed by atoms with Crippen LogP contribution in [0.2, 0.25) is 0 Å². The number of nitrogens with zero attached hydrogens (tertiary/aromatic N) is 4. The van der Waals surface area contributed by atoms with E-state index in [1.54, 1.807) is 17.5 Å². The smallest absolute Gasteiger partial charge is 0.139 e. The molecule has 0 atom stereocenters. The van der Waals surface area contributed by atoms with Crippen LogP contribution in [0.3, 0.4) is 0 Å². The molecule has 1 aromatic heterocycles. The molecule has 0 amide bonds. The minimum Gasteiger partial charge on any atom is -0.542 e. The molecule has 0 saturated heterocycles. The van der Waals surface area contributed by atoms with Crippen molar-refractivity contribution in [2.24, 2.45) is 5.11 Å². The molecule has 6 nitrogen and oxygen atoms in total. The van der Waals surface area contributed by atoms with E-state index in [1.807, 2.05) is 0 Å². The van der Waals surface area contributed by atoms with E-state index in [0.717, 1.165) is 11.3 Å². The maximum atomic E-state index is 10.4. The summed E-state index contributed by atoms with van der Waals surface area (Å²) in [4.78, 5) is 16.8. The molecule has 0 radical (unpaired) electrons. The fourth-order valence-electron chi connectivity index (χ4n) is 0.838. The molecule has 7 heteroatoms. The number of carbonyl (C=O) groups is 1. The van der Waals surface area contributed by atoms with Crippen LogP contribution in [-0.2, 0) is 0 Å². The van der Waals surface area contributed by atoms with Crippen molar-refractivity contribution >= 4 is 23.4 Å². The Morgan fingerprint density at radius 3 is 3.20 bits per heavy atom. The number of thiazole rings is 1. The highest BCUT2D eigenvalue weighted by Crippen LogP contribution is 2.10. The van der Waals surface area contributed by atoms with Gasteiger partial charge in [-0.2, -0.15) is 0 Å². The lowest BCUT2D eigenvalue weighted by Crippen LogP contribution is -2.21. The van der Waals surface area contributed by atoms with Crippen molar-refractivity contribution in [3.8, 4) is 0 Å². The van der Waals surface area contributed by atoms with Crippen LogP contribution in [0.25, 0.3) is 16.5 Å². The molecule has 0 unspecified atom stereocenters. The van der Waals surface area contributed by atoms with Crippen molar-refractivity contribution < 1.29 is 9.90 Å². The molecule has 0 aliphatic carbocycles. The highest BCUT2D eigenvalue weighted by molar-refractivity contribution is 7.11. The molecule has 0 N–H and O–H groups in total. The maximum absolute atomic E-state index is 10.4. The Labute approximate surface area is 89.5 Å². The summed E-state index contributed by atoms with van der Waals surface area (Å²) in [5.41, 5.74) is 8.57. The molecular formula is C8H7N4O2S-. The first-order chi connectivity index (χ1) is 7.24.